The quantitative estimate of drug-likeness (QED) is 0.268. The summed E-state index contributed by atoms with van der Waals surface area (Å²) in [5.41, 5.74) is 6.12. The van der Waals surface area contributed by atoms with Crippen molar-refractivity contribution in [2.45, 2.75) is 63.4 Å². The first-order valence-electron chi connectivity index (χ1n) is 10.4. The van der Waals surface area contributed by atoms with E-state index in [1.807, 2.05) is 0 Å². The van der Waals surface area contributed by atoms with Crippen LogP contribution in [0.25, 0.3) is 0 Å². The SMILES string of the molecule is CC(N)C(=O)NC(C(=O)N1CCCC1C(=O)NC(Cc1ccc(O)cc1)C(=O)O)C(C)O. The van der Waals surface area contributed by atoms with Crippen LogP contribution in [0.4, 0.5) is 0 Å². The van der Waals surface area contributed by atoms with Crippen molar-refractivity contribution in [3.05, 3.63) is 29.8 Å². The van der Waals surface area contributed by atoms with Crippen LogP contribution < -0.4 is 16.4 Å². The summed E-state index contributed by atoms with van der Waals surface area (Å²) in [5.74, 6) is -3.10. The summed E-state index contributed by atoms with van der Waals surface area (Å²) in [6.45, 7) is 3.00. The van der Waals surface area contributed by atoms with Crippen LogP contribution in [-0.4, -0.2) is 80.7 Å². The van der Waals surface area contributed by atoms with Crippen LogP contribution >= 0.6 is 0 Å². The summed E-state index contributed by atoms with van der Waals surface area (Å²) in [7, 11) is 0. The Kier molecular flexibility index (Phi) is 8.56. The van der Waals surface area contributed by atoms with E-state index >= 15 is 0 Å². The number of benzene rings is 1. The lowest BCUT2D eigenvalue weighted by atomic mass is 10.0. The number of phenolic OH excluding ortho intramolecular Hbond substituents is 1. The predicted octanol–water partition coefficient (Wildman–Crippen LogP) is -1.29. The van der Waals surface area contributed by atoms with Gasteiger partial charge in [-0.2, -0.15) is 0 Å². The smallest absolute Gasteiger partial charge is 0.326 e. The van der Waals surface area contributed by atoms with Gasteiger partial charge < -0.3 is 36.6 Å². The van der Waals surface area contributed by atoms with Gasteiger partial charge in [0.05, 0.1) is 12.1 Å². The minimum atomic E-state index is -1.28. The first-order chi connectivity index (χ1) is 15.0. The summed E-state index contributed by atoms with van der Waals surface area (Å²) in [6, 6.07) is 1.59. The molecule has 5 unspecified atom stereocenters. The fourth-order valence-corrected chi connectivity index (χ4v) is 3.49. The number of hydrogen-bond donors (Lipinski definition) is 6. The lowest BCUT2D eigenvalue weighted by Crippen LogP contribution is -2.59. The Morgan fingerprint density at radius 1 is 1.16 bits per heavy atom. The number of aromatic hydroxyl groups is 1. The molecular formula is C21H30N4O7. The molecule has 1 aliphatic heterocycles. The molecule has 0 saturated carbocycles. The summed E-state index contributed by atoms with van der Waals surface area (Å²) in [5, 5.41) is 33.8. The second kappa shape index (κ2) is 10.9. The largest absolute Gasteiger partial charge is 0.508 e. The molecule has 11 nitrogen and oxygen atoms in total. The first-order valence-corrected chi connectivity index (χ1v) is 10.4. The highest BCUT2D eigenvalue weighted by molar-refractivity contribution is 5.94. The van der Waals surface area contributed by atoms with Crippen molar-refractivity contribution in [2.75, 3.05) is 6.54 Å². The average molecular weight is 450 g/mol. The molecule has 7 N–H and O–H groups in total. The molecule has 1 aromatic carbocycles. The molecule has 0 spiro atoms. The molecule has 11 heteroatoms. The molecule has 32 heavy (non-hydrogen) atoms. The summed E-state index contributed by atoms with van der Waals surface area (Å²) < 4.78 is 0. The number of hydrogen-bond acceptors (Lipinski definition) is 7. The van der Waals surface area contributed by atoms with Gasteiger partial charge in [0.1, 0.15) is 23.9 Å². The van der Waals surface area contributed by atoms with E-state index < -0.39 is 54.0 Å². The molecule has 0 radical (unpaired) electrons. The molecule has 5 atom stereocenters. The van der Waals surface area contributed by atoms with Gasteiger partial charge in [0, 0.05) is 13.0 Å². The molecule has 0 bridgehead atoms. The Bertz CT molecular complexity index is 841. The number of carbonyl (C=O) groups excluding carboxylic acids is 3. The number of nitrogens with two attached hydrogens (primary N) is 1. The normalized spacial score (nSPS) is 19.5. The molecule has 0 aromatic heterocycles. The fraction of sp³-hybridized carbons (Fsp3) is 0.524. The summed E-state index contributed by atoms with van der Waals surface area (Å²) >= 11 is 0. The van der Waals surface area contributed by atoms with Gasteiger partial charge in [-0.05, 0) is 44.4 Å². The number of likely N-dealkylation sites (tertiary alicyclic amines) is 1. The highest BCUT2D eigenvalue weighted by atomic mass is 16.4. The van der Waals surface area contributed by atoms with E-state index in [9.17, 15) is 34.5 Å². The second-order valence-corrected chi connectivity index (χ2v) is 7.98. The van der Waals surface area contributed by atoms with Gasteiger partial charge in [0.15, 0.2) is 0 Å². The number of carbonyl (C=O) groups is 4. The van der Waals surface area contributed by atoms with Crippen molar-refractivity contribution < 1.29 is 34.5 Å². The topological polar surface area (TPSA) is 182 Å². The van der Waals surface area contributed by atoms with Crippen LogP contribution in [0, 0.1) is 0 Å². The van der Waals surface area contributed by atoms with Crippen LogP contribution in [0.1, 0.15) is 32.3 Å². The lowest BCUT2D eigenvalue weighted by molar-refractivity contribution is -0.146. The van der Waals surface area contributed by atoms with Gasteiger partial charge >= 0.3 is 5.97 Å². The van der Waals surface area contributed by atoms with Gasteiger partial charge in [-0.25, -0.2) is 4.79 Å². The molecule has 2 rings (SSSR count). The number of nitrogens with zero attached hydrogens (tertiary/aromatic N) is 1. The maximum Gasteiger partial charge on any atom is 0.326 e. The van der Waals surface area contributed by atoms with E-state index in [4.69, 9.17) is 5.73 Å². The Morgan fingerprint density at radius 2 is 1.78 bits per heavy atom. The van der Waals surface area contributed by atoms with Crippen molar-refractivity contribution in [1.29, 1.82) is 0 Å². The van der Waals surface area contributed by atoms with Crippen molar-refractivity contribution >= 4 is 23.7 Å². The van der Waals surface area contributed by atoms with Crippen LogP contribution in [0.3, 0.4) is 0 Å². The average Bonchev–Trinajstić information content (AvgIpc) is 3.22. The van der Waals surface area contributed by atoms with Crippen LogP contribution in [-0.2, 0) is 25.6 Å². The summed E-state index contributed by atoms with van der Waals surface area (Å²) in [6.07, 6.45) is -0.414. The molecule has 0 aliphatic carbocycles. The maximum absolute atomic E-state index is 13.0. The van der Waals surface area contributed by atoms with Crippen molar-refractivity contribution in [3.8, 4) is 5.75 Å². The highest BCUT2D eigenvalue weighted by Crippen LogP contribution is 2.20. The molecule has 3 amide bonds. The second-order valence-electron chi connectivity index (χ2n) is 7.98. The molecule has 1 saturated heterocycles. The molecule has 1 fully saturated rings. The highest BCUT2D eigenvalue weighted by Gasteiger charge is 2.40. The Balaban J connectivity index is 2.11. The molecular weight excluding hydrogens is 420 g/mol. The standard InChI is InChI=1S/C21H30N4O7/c1-11(22)18(28)24-17(12(2)26)20(30)25-9-3-4-16(25)19(29)23-15(21(31)32)10-13-5-7-14(27)8-6-13/h5-8,11-12,15-17,26-27H,3-4,9-10,22H2,1-2H3,(H,23,29)(H,24,28)(H,31,32). The van der Waals surface area contributed by atoms with Gasteiger partial charge in [0.2, 0.25) is 17.7 Å². The monoisotopic (exact) mass is 450 g/mol. The number of carboxylic acids is 1. The number of aliphatic hydroxyl groups excluding tert-OH is 1. The van der Waals surface area contributed by atoms with Crippen molar-refractivity contribution in [1.82, 2.24) is 15.5 Å². The fourth-order valence-electron chi connectivity index (χ4n) is 3.49. The van der Waals surface area contributed by atoms with Gasteiger partial charge in [-0.15, -0.1) is 0 Å². The number of aliphatic carboxylic acids is 1. The predicted molar refractivity (Wildman–Crippen MR) is 113 cm³/mol. The zero-order valence-corrected chi connectivity index (χ0v) is 18.0. The van der Waals surface area contributed by atoms with Gasteiger partial charge in [0.25, 0.3) is 0 Å². The van der Waals surface area contributed by atoms with Crippen molar-refractivity contribution in [2.24, 2.45) is 5.73 Å². The Morgan fingerprint density at radius 3 is 2.31 bits per heavy atom. The Hall–Kier alpha value is -3.18. The third-order valence-corrected chi connectivity index (χ3v) is 5.29. The lowest BCUT2D eigenvalue weighted by Gasteiger charge is -2.30. The number of nitrogens with one attached hydrogen (secondary N) is 2. The van der Waals surface area contributed by atoms with E-state index in [0.29, 0.717) is 18.4 Å². The number of rotatable bonds is 9. The number of aliphatic hydroxyl groups is 1. The number of carboxylic acid groups (broad SMARTS) is 1. The number of phenols is 1. The molecule has 1 heterocycles. The van der Waals surface area contributed by atoms with Crippen LogP contribution in [0.2, 0.25) is 0 Å². The zero-order valence-electron chi connectivity index (χ0n) is 18.0. The summed E-state index contributed by atoms with van der Waals surface area (Å²) in [4.78, 5) is 50.7. The van der Waals surface area contributed by atoms with Crippen LogP contribution in [0.15, 0.2) is 24.3 Å². The third kappa shape index (κ3) is 6.41. The van der Waals surface area contributed by atoms with E-state index in [0.717, 1.165) is 0 Å². The zero-order chi connectivity index (χ0) is 24.0. The van der Waals surface area contributed by atoms with E-state index in [1.54, 1.807) is 12.1 Å². The third-order valence-electron chi connectivity index (χ3n) is 5.29. The molecule has 1 aromatic rings. The van der Waals surface area contributed by atoms with Crippen LogP contribution in [0.5, 0.6) is 5.75 Å². The molecule has 176 valence electrons. The van der Waals surface area contributed by atoms with E-state index in [2.05, 4.69) is 10.6 Å². The minimum Gasteiger partial charge on any atom is -0.508 e. The van der Waals surface area contributed by atoms with Crippen molar-refractivity contribution in [3.63, 3.8) is 0 Å². The van der Waals surface area contributed by atoms with E-state index in [-0.39, 0.29) is 18.7 Å². The van der Waals surface area contributed by atoms with E-state index in [1.165, 1.54) is 30.9 Å². The maximum atomic E-state index is 13.0. The van der Waals surface area contributed by atoms with Gasteiger partial charge in [-0.3, -0.25) is 14.4 Å². The number of amides is 3. The minimum absolute atomic E-state index is 0.0111. The Labute approximate surface area is 185 Å². The molecule has 1 aliphatic rings. The van der Waals surface area contributed by atoms with Gasteiger partial charge in [-0.1, -0.05) is 12.1 Å². The first kappa shape index (κ1) is 25.1.